The van der Waals surface area contributed by atoms with Crippen molar-refractivity contribution >= 4 is 22.8 Å². The van der Waals surface area contributed by atoms with E-state index in [-0.39, 0.29) is 17.1 Å². The molecule has 0 bridgehead atoms. The normalized spacial score (nSPS) is 7.50. The average molecular weight is 172 g/mol. The van der Waals surface area contributed by atoms with E-state index in [2.05, 4.69) is 0 Å². The third-order valence-electron chi connectivity index (χ3n) is 0.800. The number of nitrogens with two attached hydrogens (primary N) is 1. The van der Waals surface area contributed by atoms with Crippen LogP contribution in [0.3, 0.4) is 0 Å². The molecule has 0 saturated heterocycles. The summed E-state index contributed by atoms with van der Waals surface area (Å²) in [6, 6.07) is 9.49. The van der Waals surface area contributed by atoms with Crippen LogP contribution in [0.4, 0.5) is 5.69 Å². The molecule has 2 N–H and O–H groups in total. The molecule has 2 heteroatoms. The van der Waals surface area contributed by atoms with Crippen molar-refractivity contribution in [3.63, 3.8) is 0 Å². The molecule has 1 rings (SSSR count). The van der Waals surface area contributed by atoms with Crippen molar-refractivity contribution in [2.45, 2.75) is 0 Å². The fourth-order valence-electron chi connectivity index (χ4n) is 0.453. The Labute approximate surface area is 59.4 Å². The second kappa shape index (κ2) is 3.53. The van der Waals surface area contributed by atoms with Gasteiger partial charge in [-0.3, -0.25) is 0 Å². The van der Waals surface area contributed by atoms with Gasteiger partial charge in [-0.15, -0.1) is 0 Å². The molecule has 1 nitrogen and oxygen atoms in total. The van der Waals surface area contributed by atoms with Gasteiger partial charge in [0, 0.05) is 22.8 Å². The van der Waals surface area contributed by atoms with Gasteiger partial charge in [-0.2, -0.15) is 0 Å². The first kappa shape index (κ1) is 7.54. The van der Waals surface area contributed by atoms with E-state index in [4.69, 9.17) is 5.73 Å². The number of benzene rings is 1. The minimum Gasteiger partial charge on any atom is -0.399 e. The number of rotatable bonds is 0. The van der Waals surface area contributed by atoms with E-state index in [0.29, 0.717) is 0 Å². The molecule has 8 heavy (non-hydrogen) atoms. The van der Waals surface area contributed by atoms with Crippen molar-refractivity contribution in [2.24, 2.45) is 0 Å². The number of anilines is 1. The molecule has 1 aromatic rings. The van der Waals surface area contributed by atoms with Crippen LogP contribution >= 0.6 is 0 Å². The Morgan fingerprint density at radius 2 is 1.50 bits per heavy atom. The predicted molar refractivity (Wildman–Crippen MR) is 36.6 cm³/mol. The number of hydrogen-bond donors (Lipinski definition) is 1. The maximum Gasteiger partial charge on any atom is 0.0313 e. The number of hydrogen-bond acceptors (Lipinski definition) is 1. The molecule has 0 aliphatic rings. The van der Waals surface area contributed by atoms with Gasteiger partial charge in [0.2, 0.25) is 0 Å². The molecule has 1 aromatic carbocycles. The molecule has 0 unspecified atom stereocenters. The molecule has 0 aliphatic heterocycles. The number of nitrogen functional groups attached to an aromatic ring is 1. The molecular weight excluding hydrogens is 165 g/mol. The Hall–Kier alpha value is -0.461. The maximum atomic E-state index is 5.36. The van der Waals surface area contributed by atoms with E-state index in [1.54, 1.807) is 0 Å². The Kier molecular flexibility index (Phi) is 3.33. The van der Waals surface area contributed by atoms with Gasteiger partial charge in [0.15, 0.2) is 0 Å². The first-order valence-corrected chi connectivity index (χ1v) is 2.20. The van der Waals surface area contributed by atoms with Crippen LogP contribution in [-0.2, 0) is 0 Å². The summed E-state index contributed by atoms with van der Waals surface area (Å²) in [5.41, 5.74) is 6.18. The Balaban J connectivity index is 0.000000490. The van der Waals surface area contributed by atoms with Gasteiger partial charge in [-0.05, 0) is 12.1 Å². The second-order valence-corrected chi connectivity index (χ2v) is 1.41. The third kappa shape index (κ3) is 2.01. The van der Waals surface area contributed by atoms with Crippen LogP contribution in [0, 0.1) is 0 Å². The summed E-state index contributed by atoms with van der Waals surface area (Å²) in [7, 11) is 0. The molecular formula is C6H7NSe. The van der Waals surface area contributed by atoms with Gasteiger partial charge in [-0.1, -0.05) is 18.2 Å². The van der Waals surface area contributed by atoms with Crippen molar-refractivity contribution in [1.29, 1.82) is 0 Å². The molecule has 2 radical (unpaired) electrons. The standard InChI is InChI=1S/C6H7N.Se/c7-6-4-2-1-3-5-6;/h1-5H,7H2;. The number of para-hydroxylation sites is 1. The molecule has 0 amide bonds. The van der Waals surface area contributed by atoms with E-state index in [0.717, 1.165) is 5.69 Å². The van der Waals surface area contributed by atoms with E-state index in [1.807, 2.05) is 30.3 Å². The minimum absolute atomic E-state index is 0. The largest absolute Gasteiger partial charge is 0.399 e. The van der Waals surface area contributed by atoms with E-state index < -0.39 is 0 Å². The monoisotopic (exact) mass is 173 g/mol. The van der Waals surface area contributed by atoms with Crippen LogP contribution in [0.5, 0.6) is 0 Å². The van der Waals surface area contributed by atoms with Crippen LogP contribution < -0.4 is 5.73 Å². The van der Waals surface area contributed by atoms with Crippen molar-refractivity contribution in [1.82, 2.24) is 0 Å². The molecule has 0 aromatic heterocycles. The average Bonchev–Trinajstić information content (AvgIpc) is 1.69. The maximum absolute atomic E-state index is 5.36. The molecule has 0 heterocycles. The zero-order valence-electron chi connectivity index (χ0n) is 4.37. The molecule has 0 fully saturated rings. The van der Waals surface area contributed by atoms with Gasteiger partial charge < -0.3 is 5.73 Å². The first-order chi connectivity index (χ1) is 3.39. The minimum atomic E-state index is 0. The zero-order valence-corrected chi connectivity index (χ0v) is 6.09. The van der Waals surface area contributed by atoms with E-state index in [1.165, 1.54) is 0 Å². The van der Waals surface area contributed by atoms with Crippen LogP contribution in [-0.4, -0.2) is 17.1 Å². The van der Waals surface area contributed by atoms with Crippen LogP contribution in [0.25, 0.3) is 0 Å². The zero-order chi connectivity index (χ0) is 5.11. The second-order valence-electron chi connectivity index (χ2n) is 1.41. The summed E-state index contributed by atoms with van der Waals surface area (Å²) < 4.78 is 0. The Morgan fingerprint density at radius 3 is 1.75 bits per heavy atom. The van der Waals surface area contributed by atoms with E-state index >= 15 is 0 Å². The molecule has 0 saturated carbocycles. The van der Waals surface area contributed by atoms with Crippen molar-refractivity contribution in [3.8, 4) is 0 Å². The van der Waals surface area contributed by atoms with Crippen molar-refractivity contribution in [3.05, 3.63) is 30.3 Å². The summed E-state index contributed by atoms with van der Waals surface area (Å²) in [6.45, 7) is 0. The Bertz CT molecular complexity index is 138. The summed E-state index contributed by atoms with van der Waals surface area (Å²) in [5, 5.41) is 0. The van der Waals surface area contributed by atoms with Crippen molar-refractivity contribution in [2.75, 3.05) is 5.73 Å². The van der Waals surface area contributed by atoms with Gasteiger partial charge in [0.1, 0.15) is 0 Å². The van der Waals surface area contributed by atoms with Gasteiger partial charge >= 0.3 is 0 Å². The third-order valence-corrected chi connectivity index (χ3v) is 0.800. The smallest absolute Gasteiger partial charge is 0.0313 e. The topological polar surface area (TPSA) is 26.0 Å². The first-order valence-electron chi connectivity index (χ1n) is 2.20. The van der Waals surface area contributed by atoms with Crippen molar-refractivity contribution < 1.29 is 0 Å². The van der Waals surface area contributed by atoms with Gasteiger partial charge in [0.25, 0.3) is 0 Å². The SMILES string of the molecule is Nc1ccccc1.[Se]. The molecule has 42 valence electrons. The Morgan fingerprint density at radius 1 is 1.00 bits per heavy atom. The van der Waals surface area contributed by atoms with E-state index in [9.17, 15) is 0 Å². The molecule has 0 atom stereocenters. The van der Waals surface area contributed by atoms with Gasteiger partial charge in [-0.25, -0.2) is 0 Å². The molecule has 0 spiro atoms. The summed E-state index contributed by atoms with van der Waals surface area (Å²) in [5.74, 6) is 0. The summed E-state index contributed by atoms with van der Waals surface area (Å²) in [4.78, 5) is 0. The van der Waals surface area contributed by atoms with Crippen LogP contribution in [0.2, 0.25) is 0 Å². The van der Waals surface area contributed by atoms with Crippen LogP contribution in [0.15, 0.2) is 30.3 Å². The fourth-order valence-corrected chi connectivity index (χ4v) is 0.453. The summed E-state index contributed by atoms with van der Waals surface area (Å²) in [6.07, 6.45) is 0. The predicted octanol–water partition coefficient (Wildman–Crippen LogP) is 0.888. The summed E-state index contributed by atoms with van der Waals surface area (Å²) >= 11 is 0. The van der Waals surface area contributed by atoms with Crippen LogP contribution in [0.1, 0.15) is 0 Å². The fraction of sp³-hybridized carbons (Fsp3) is 0. The molecule has 0 aliphatic carbocycles. The van der Waals surface area contributed by atoms with Gasteiger partial charge in [0.05, 0.1) is 0 Å². The quantitative estimate of drug-likeness (QED) is 0.456.